The van der Waals surface area contributed by atoms with Gasteiger partial charge in [0.2, 0.25) is 5.90 Å². The van der Waals surface area contributed by atoms with Crippen molar-refractivity contribution < 1.29 is 9.13 Å². The van der Waals surface area contributed by atoms with Crippen LogP contribution in [0.3, 0.4) is 0 Å². The zero-order chi connectivity index (χ0) is 12.1. The van der Waals surface area contributed by atoms with Gasteiger partial charge in [0.1, 0.15) is 12.4 Å². The molecule has 1 aliphatic heterocycles. The van der Waals surface area contributed by atoms with Gasteiger partial charge in [0, 0.05) is 6.08 Å². The minimum atomic E-state index is -0.226. The first-order valence-corrected chi connectivity index (χ1v) is 6.70. The summed E-state index contributed by atoms with van der Waals surface area (Å²) in [5.41, 5.74) is 0.935. The minimum absolute atomic E-state index is 0.226. The van der Waals surface area contributed by atoms with Gasteiger partial charge in [-0.1, -0.05) is 12.1 Å². The predicted molar refractivity (Wildman–Crippen MR) is 71.0 cm³/mol. The van der Waals surface area contributed by atoms with Crippen LogP contribution in [-0.4, -0.2) is 30.6 Å². The van der Waals surface area contributed by atoms with E-state index in [2.05, 4.69) is 11.2 Å². The van der Waals surface area contributed by atoms with E-state index >= 15 is 0 Å². The van der Waals surface area contributed by atoms with Crippen molar-refractivity contribution in [2.75, 3.05) is 19.4 Å². The van der Waals surface area contributed by atoms with E-state index in [9.17, 15) is 4.39 Å². The molecule has 90 valence electrons. The van der Waals surface area contributed by atoms with Gasteiger partial charge in [0.15, 0.2) is 0 Å². The lowest BCUT2D eigenvalue weighted by Gasteiger charge is -2.18. The molecule has 0 radical (unpaired) electrons. The summed E-state index contributed by atoms with van der Waals surface area (Å²) in [5.74, 6) is 0.427. The van der Waals surface area contributed by atoms with Gasteiger partial charge in [-0.3, -0.25) is 4.99 Å². The van der Waals surface area contributed by atoms with Crippen LogP contribution in [0.5, 0.6) is 0 Å². The Morgan fingerprint density at radius 2 is 2.12 bits per heavy atom. The van der Waals surface area contributed by atoms with Crippen molar-refractivity contribution in [2.24, 2.45) is 4.99 Å². The lowest BCUT2D eigenvalue weighted by molar-refractivity contribution is 0.291. The molecule has 1 aromatic rings. The highest BCUT2D eigenvalue weighted by molar-refractivity contribution is 7.99. The van der Waals surface area contributed by atoms with E-state index in [0.29, 0.717) is 17.8 Å². The van der Waals surface area contributed by atoms with E-state index in [0.717, 1.165) is 12.1 Å². The third kappa shape index (κ3) is 3.60. The van der Waals surface area contributed by atoms with Crippen LogP contribution in [0.25, 0.3) is 6.08 Å². The molecule has 17 heavy (non-hydrogen) atoms. The number of benzene rings is 1. The summed E-state index contributed by atoms with van der Waals surface area (Å²) in [7, 11) is 0. The summed E-state index contributed by atoms with van der Waals surface area (Å²) in [6, 6.07) is 6.32. The Labute approximate surface area is 105 Å². The molecule has 2 nitrogen and oxygen atoms in total. The lowest BCUT2D eigenvalue weighted by Crippen LogP contribution is -2.23. The van der Waals surface area contributed by atoms with Gasteiger partial charge in [0.25, 0.3) is 0 Å². The Morgan fingerprint density at radius 3 is 2.71 bits per heavy atom. The maximum Gasteiger partial charge on any atom is 0.208 e. The molecule has 0 amide bonds. The second kappa shape index (κ2) is 5.87. The largest absolute Gasteiger partial charge is 0.477 e. The number of nitrogens with zero attached hydrogens (tertiary/aromatic N) is 1. The van der Waals surface area contributed by atoms with E-state index in [1.54, 1.807) is 23.9 Å². The number of halogens is 1. The SMILES string of the molecule is CSC1CN=C(/C=C/c2ccc(F)cc2)OC1. The average Bonchev–Trinajstić information content (AvgIpc) is 2.39. The highest BCUT2D eigenvalue weighted by atomic mass is 32.2. The molecule has 0 saturated carbocycles. The van der Waals surface area contributed by atoms with Gasteiger partial charge in [-0.25, -0.2) is 4.39 Å². The third-order valence-electron chi connectivity index (χ3n) is 2.49. The van der Waals surface area contributed by atoms with Crippen molar-refractivity contribution in [3.8, 4) is 0 Å². The second-order valence-electron chi connectivity index (χ2n) is 3.73. The van der Waals surface area contributed by atoms with E-state index < -0.39 is 0 Å². The molecule has 0 saturated heterocycles. The number of aliphatic imine (C=N–C) groups is 1. The van der Waals surface area contributed by atoms with Gasteiger partial charge in [-0.05, 0) is 30.0 Å². The Bertz CT molecular complexity index is 428. The molecule has 0 aliphatic carbocycles. The zero-order valence-corrected chi connectivity index (χ0v) is 10.4. The number of ether oxygens (including phenoxy) is 1. The fourth-order valence-corrected chi connectivity index (χ4v) is 1.88. The van der Waals surface area contributed by atoms with Crippen molar-refractivity contribution >= 4 is 23.7 Å². The Balaban J connectivity index is 1.97. The molecule has 0 fully saturated rings. The maximum absolute atomic E-state index is 12.7. The first kappa shape index (κ1) is 12.2. The molecule has 0 bridgehead atoms. The Morgan fingerprint density at radius 1 is 1.35 bits per heavy atom. The molecule has 1 aliphatic rings. The molecule has 0 aromatic heterocycles. The summed E-state index contributed by atoms with van der Waals surface area (Å²) in [6.07, 6.45) is 5.75. The second-order valence-corrected chi connectivity index (χ2v) is 4.87. The highest BCUT2D eigenvalue weighted by Crippen LogP contribution is 2.13. The summed E-state index contributed by atoms with van der Waals surface area (Å²) in [5, 5.41) is 0.456. The van der Waals surface area contributed by atoms with Crippen LogP contribution in [0.4, 0.5) is 4.39 Å². The van der Waals surface area contributed by atoms with Crippen LogP contribution in [0.2, 0.25) is 0 Å². The summed E-state index contributed by atoms with van der Waals surface area (Å²) >= 11 is 1.77. The normalized spacial score (nSPS) is 20.1. The van der Waals surface area contributed by atoms with Crippen LogP contribution >= 0.6 is 11.8 Å². The summed E-state index contributed by atoms with van der Waals surface area (Å²) < 4.78 is 18.2. The van der Waals surface area contributed by atoms with Gasteiger partial charge in [0.05, 0.1) is 11.8 Å². The van der Waals surface area contributed by atoms with Gasteiger partial charge < -0.3 is 4.74 Å². The smallest absolute Gasteiger partial charge is 0.208 e. The van der Waals surface area contributed by atoms with Crippen molar-refractivity contribution in [3.05, 3.63) is 41.7 Å². The number of hydrogen-bond donors (Lipinski definition) is 0. The fourth-order valence-electron chi connectivity index (χ4n) is 1.45. The summed E-state index contributed by atoms with van der Waals surface area (Å²) in [6.45, 7) is 1.50. The Kier molecular flexibility index (Phi) is 4.20. The predicted octanol–water partition coefficient (Wildman–Crippen LogP) is 3.00. The van der Waals surface area contributed by atoms with Gasteiger partial charge in [-0.15, -0.1) is 0 Å². The van der Waals surface area contributed by atoms with Crippen LogP contribution in [0.1, 0.15) is 5.56 Å². The van der Waals surface area contributed by atoms with Crippen molar-refractivity contribution in [1.82, 2.24) is 0 Å². The van der Waals surface area contributed by atoms with Crippen molar-refractivity contribution in [2.45, 2.75) is 5.25 Å². The molecule has 1 heterocycles. The Hall–Kier alpha value is -1.29. The first-order chi connectivity index (χ1) is 8.28. The number of thioether (sulfide) groups is 1. The van der Waals surface area contributed by atoms with E-state index in [1.165, 1.54) is 12.1 Å². The van der Waals surface area contributed by atoms with Crippen molar-refractivity contribution in [1.29, 1.82) is 0 Å². The van der Waals surface area contributed by atoms with Crippen LogP contribution in [-0.2, 0) is 4.74 Å². The van der Waals surface area contributed by atoms with Crippen molar-refractivity contribution in [3.63, 3.8) is 0 Å². The van der Waals surface area contributed by atoms with Crippen LogP contribution in [0.15, 0.2) is 35.3 Å². The van der Waals surface area contributed by atoms with E-state index in [-0.39, 0.29) is 5.82 Å². The summed E-state index contributed by atoms with van der Waals surface area (Å²) in [4.78, 5) is 4.33. The lowest BCUT2D eigenvalue weighted by atomic mass is 10.2. The zero-order valence-electron chi connectivity index (χ0n) is 9.60. The molecule has 2 rings (SSSR count). The number of hydrogen-bond acceptors (Lipinski definition) is 3. The molecule has 4 heteroatoms. The first-order valence-electron chi connectivity index (χ1n) is 5.41. The monoisotopic (exact) mass is 251 g/mol. The maximum atomic E-state index is 12.7. The third-order valence-corrected chi connectivity index (χ3v) is 3.44. The molecule has 1 aromatic carbocycles. The van der Waals surface area contributed by atoms with Crippen LogP contribution < -0.4 is 0 Å². The number of rotatable bonds is 3. The standard InChI is InChI=1S/C13H14FNOS/c1-17-12-8-15-13(16-9-12)7-4-10-2-5-11(14)6-3-10/h2-7,12H,8-9H2,1H3/b7-4+. The van der Waals surface area contributed by atoms with Gasteiger partial charge >= 0.3 is 0 Å². The quantitative estimate of drug-likeness (QED) is 0.823. The van der Waals surface area contributed by atoms with Crippen LogP contribution in [0, 0.1) is 5.82 Å². The van der Waals surface area contributed by atoms with E-state index in [4.69, 9.17) is 4.74 Å². The van der Waals surface area contributed by atoms with Gasteiger partial charge in [-0.2, -0.15) is 11.8 Å². The highest BCUT2D eigenvalue weighted by Gasteiger charge is 2.13. The molecular weight excluding hydrogens is 237 g/mol. The fraction of sp³-hybridized carbons (Fsp3) is 0.308. The topological polar surface area (TPSA) is 21.6 Å². The molecular formula is C13H14FNOS. The minimum Gasteiger partial charge on any atom is -0.477 e. The average molecular weight is 251 g/mol. The molecule has 0 N–H and O–H groups in total. The van der Waals surface area contributed by atoms with E-state index in [1.807, 2.05) is 12.2 Å². The molecule has 1 atom stereocenters. The molecule has 0 spiro atoms. The molecule has 1 unspecified atom stereocenters.